The standard InChI is InChI=1S/C47H29N3S/c1-2-14-30(15-3-1)33-19-6-9-23-40(33)45-48-46(50-47(49-45)42-26-13-25-39-38-22-10-11-27-43(38)51-44(39)42)41-29-28-37(35-20-7-8-21-36(35)41)34-24-12-17-31-16-4-5-18-32(31)34/h1-29H. The monoisotopic (exact) mass is 667 g/mol. The van der Waals surface area contributed by atoms with E-state index in [2.05, 4.69) is 170 Å². The largest absolute Gasteiger partial charge is 0.208 e. The zero-order valence-corrected chi connectivity index (χ0v) is 28.3. The number of nitrogens with zero attached hydrogens (tertiary/aromatic N) is 3. The number of fused-ring (bicyclic) bond motifs is 5. The highest BCUT2D eigenvalue weighted by Gasteiger charge is 2.20. The van der Waals surface area contributed by atoms with E-state index in [4.69, 9.17) is 15.0 Å². The fraction of sp³-hybridized carbons (Fsp3) is 0. The first-order valence-corrected chi connectivity index (χ1v) is 17.9. The first kappa shape index (κ1) is 29.4. The molecule has 0 radical (unpaired) electrons. The summed E-state index contributed by atoms with van der Waals surface area (Å²) in [7, 11) is 0. The topological polar surface area (TPSA) is 38.7 Å². The molecule has 0 saturated carbocycles. The summed E-state index contributed by atoms with van der Waals surface area (Å²) in [4.78, 5) is 15.9. The highest BCUT2D eigenvalue weighted by Crippen LogP contribution is 2.42. The molecule has 0 aliphatic rings. The molecule has 0 amide bonds. The SMILES string of the molecule is c1ccc(-c2ccccc2-c2nc(-c3ccc(-c4cccc5ccccc45)c4ccccc34)nc(-c3cccc4c3sc3ccccc34)n2)cc1. The maximum Gasteiger partial charge on any atom is 0.165 e. The molecule has 0 N–H and O–H groups in total. The van der Waals surface area contributed by atoms with Crippen LogP contribution >= 0.6 is 11.3 Å². The van der Waals surface area contributed by atoms with Gasteiger partial charge in [0.25, 0.3) is 0 Å². The average molecular weight is 668 g/mol. The molecule has 2 heterocycles. The van der Waals surface area contributed by atoms with Gasteiger partial charge in [-0.05, 0) is 62.0 Å². The van der Waals surface area contributed by atoms with Gasteiger partial charge >= 0.3 is 0 Å². The van der Waals surface area contributed by atoms with Crippen LogP contribution in [0.2, 0.25) is 0 Å². The average Bonchev–Trinajstić information content (AvgIpc) is 3.59. The minimum absolute atomic E-state index is 0.648. The van der Waals surface area contributed by atoms with Crippen LogP contribution in [0.25, 0.3) is 98.1 Å². The lowest BCUT2D eigenvalue weighted by Gasteiger charge is -2.15. The van der Waals surface area contributed by atoms with Gasteiger partial charge in [-0.3, -0.25) is 0 Å². The third kappa shape index (κ3) is 5.00. The van der Waals surface area contributed by atoms with Crippen molar-refractivity contribution in [1.29, 1.82) is 0 Å². The van der Waals surface area contributed by atoms with Crippen molar-refractivity contribution in [2.45, 2.75) is 0 Å². The first-order valence-electron chi connectivity index (χ1n) is 17.1. The number of thiophene rings is 1. The zero-order chi connectivity index (χ0) is 33.7. The van der Waals surface area contributed by atoms with Crippen molar-refractivity contribution in [3.63, 3.8) is 0 Å². The summed E-state index contributed by atoms with van der Waals surface area (Å²) in [6.45, 7) is 0. The third-order valence-electron chi connectivity index (χ3n) is 9.78. The molecule has 0 saturated heterocycles. The summed E-state index contributed by atoms with van der Waals surface area (Å²) in [6, 6.07) is 62.1. The number of rotatable bonds is 5. The fourth-order valence-electron chi connectivity index (χ4n) is 7.40. The van der Waals surface area contributed by atoms with Crippen LogP contribution in [0.4, 0.5) is 0 Å². The van der Waals surface area contributed by atoms with Gasteiger partial charge in [-0.2, -0.15) is 0 Å². The molecule has 0 aliphatic heterocycles. The van der Waals surface area contributed by atoms with Gasteiger partial charge in [0.15, 0.2) is 17.5 Å². The zero-order valence-electron chi connectivity index (χ0n) is 27.5. The first-order chi connectivity index (χ1) is 25.3. The number of hydrogen-bond donors (Lipinski definition) is 0. The minimum atomic E-state index is 0.648. The second kappa shape index (κ2) is 12.1. The van der Waals surface area contributed by atoms with Crippen LogP contribution in [0.15, 0.2) is 176 Å². The van der Waals surface area contributed by atoms with Crippen LogP contribution in [0.5, 0.6) is 0 Å². The normalized spacial score (nSPS) is 11.5. The van der Waals surface area contributed by atoms with E-state index in [0.29, 0.717) is 17.5 Å². The molecule has 238 valence electrons. The van der Waals surface area contributed by atoms with Crippen LogP contribution < -0.4 is 0 Å². The van der Waals surface area contributed by atoms with Crippen LogP contribution in [0.3, 0.4) is 0 Å². The van der Waals surface area contributed by atoms with Crippen molar-refractivity contribution in [1.82, 2.24) is 15.0 Å². The fourth-order valence-corrected chi connectivity index (χ4v) is 8.61. The van der Waals surface area contributed by atoms with E-state index in [0.717, 1.165) is 38.6 Å². The maximum absolute atomic E-state index is 5.31. The Morgan fingerprint density at radius 2 is 0.784 bits per heavy atom. The van der Waals surface area contributed by atoms with Crippen LogP contribution in [-0.2, 0) is 0 Å². The second-order valence-corrected chi connectivity index (χ2v) is 13.8. The Hall–Kier alpha value is -6.49. The van der Waals surface area contributed by atoms with E-state index in [-0.39, 0.29) is 0 Å². The van der Waals surface area contributed by atoms with Crippen LogP contribution in [0, 0.1) is 0 Å². The Morgan fingerprint density at radius 3 is 1.61 bits per heavy atom. The summed E-state index contributed by atoms with van der Waals surface area (Å²) in [5.41, 5.74) is 7.54. The van der Waals surface area contributed by atoms with Crippen molar-refractivity contribution < 1.29 is 0 Å². The van der Waals surface area contributed by atoms with Crippen molar-refractivity contribution >= 4 is 53.1 Å². The predicted molar refractivity (Wildman–Crippen MR) is 215 cm³/mol. The van der Waals surface area contributed by atoms with Crippen molar-refractivity contribution in [2.24, 2.45) is 0 Å². The Bertz CT molecular complexity index is 2920. The van der Waals surface area contributed by atoms with Gasteiger partial charge < -0.3 is 0 Å². The molecule has 0 spiro atoms. The molecule has 0 atom stereocenters. The molecule has 0 fully saturated rings. The highest BCUT2D eigenvalue weighted by atomic mass is 32.1. The summed E-state index contributed by atoms with van der Waals surface area (Å²) < 4.78 is 2.42. The lowest BCUT2D eigenvalue weighted by molar-refractivity contribution is 1.08. The summed E-state index contributed by atoms with van der Waals surface area (Å²) in [5, 5.41) is 7.18. The molecule has 10 aromatic rings. The summed E-state index contributed by atoms with van der Waals surface area (Å²) in [5.74, 6) is 1.96. The highest BCUT2D eigenvalue weighted by molar-refractivity contribution is 7.26. The van der Waals surface area contributed by atoms with Crippen molar-refractivity contribution in [2.75, 3.05) is 0 Å². The molecule has 0 bridgehead atoms. The van der Waals surface area contributed by atoms with E-state index in [9.17, 15) is 0 Å². The lowest BCUT2D eigenvalue weighted by atomic mass is 9.92. The van der Waals surface area contributed by atoms with Gasteiger partial charge in [0.1, 0.15) is 0 Å². The van der Waals surface area contributed by atoms with Gasteiger partial charge in [0, 0.05) is 36.9 Å². The Kier molecular flexibility index (Phi) is 7.00. The molecule has 2 aromatic heterocycles. The number of hydrogen-bond acceptors (Lipinski definition) is 4. The molecular weight excluding hydrogens is 639 g/mol. The third-order valence-corrected chi connectivity index (χ3v) is 11.0. The molecule has 0 aliphatic carbocycles. The Morgan fingerprint density at radius 1 is 0.294 bits per heavy atom. The van der Waals surface area contributed by atoms with Crippen molar-refractivity contribution in [3.05, 3.63) is 176 Å². The lowest BCUT2D eigenvalue weighted by Crippen LogP contribution is -2.01. The van der Waals surface area contributed by atoms with Gasteiger partial charge in [-0.15, -0.1) is 11.3 Å². The van der Waals surface area contributed by atoms with E-state index >= 15 is 0 Å². The van der Waals surface area contributed by atoms with E-state index in [1.807, 2.05) is 6.07 Å². The smallest absolute Gasteiger partial charge is 0.165 e. The number of benzene rings is 8. The van der Waals surface area contributed by atoms with E-state index < -0.39 is 0 Å². The molecule has 8 aromatic carbocycles. The Labute approximate surface area is 299 Å². The minimum Gasteiger partial charge on any atom is -0.208 e. The molecule has 0 unspecified atom stereocenters. The van der Waals surface area contributed by atoms with Crippen LogP contribution in [-0.4, -0.2) is 15.0 Å². The van der Waals surface area contributed by atoms with E-state index in [1.165, 1.54) is 42.1 Å². The van der Waals surface area contributed by atoms with Gasteiger partial charge in [0.2, 0.25) is 0 Å². The molecule has 10 rings (SSSR count). The number of aromatic nitrogens is 3. The van der Waals surface area contributed by atoms with Gasteiger partial charge in [-0.25, -0.2) is 15.0 Å². The maximum atomic E-state index is 5.31. The van der Waals surface area contributed by atoms with Gasteiger partial charge in [-0.1, -0.05) is 158 Å². The molecule has 51 heavy (non-hydrogen) atoms. The van der Waals surface area contributed by atoms with Gasteiger partial charge in [0.05, 0.1) is 0 Å². The predicted octanol–water partition coefficient (Wildman–Crippen LogP) is 12.9. The molecule has 3 nitrogen and oxygen atoms in total. The van der Waals surface area contributed by atoms with Crippen molar-refractivity contribution in [3.8, 4) is 56.4 Å². The Balaban J connectivity index is 1.24. The molecular formula is C47H29N3S. The summed E-state index contributed by atoms with van der Waals surface area (Å²) >= 11 is 1.79. The molecule has 4 heteroatoms. The van der Waals surface area contributed by atoms with Crippen LogP contribution in [0.1, 0.15) is 0 Å². The quantitative estimate of drug-likeness (QED) is 0.183. The second-order valence-electron chi connectivity index (χ2n) is 12.7. The summed E-state index contributed by atoms with van der Waals surface area (Å²) in [6.07, 6.45) is 0. The van der Waals surface area contributed by atoms with E-state index in [1.54, 1.807) is 11.3 Å².